The monoisotopic (exact) mass is 236 g/mol. The van der Waals surface area contributed by atoms with Gasteiger partial charge >= 0.3 is 0 Å². The summed E-state index contributed by atoms with van der Waals surface area (Å²) in [7, 11) is 2.01. The maximum Gasteiger partial charge on any atom is 0.183 e. The van der Waals surface area contributed by atoms with Gasteiger partial charge in [-0.2, -0.15) is 0 Å². The standard InChI is InChI=1S/C11H16N4S/c1-8-9(2)16-11(14-8)13-5-4-10-12-6-7-15(10)3/h6-7H,4-5H2,1-3H3,(H,13,14). The molecule has 16 heavy (non-hydrogen) atoms. The molecular weight excluding hydrogens is 220 g/mol. The minimum Gasteiger partial charge on any atom is -0.361 e. The van der Waals surface area contributed by atoms with Crippen molar-refractivity contribution in [3.05, 3.63) is 28.8 Å². The highest BCUT2D eigenvalue weighted by atomic mass is 32.1. The van der Waals surface area contributed by atoms with Crippen LogP contribution in [0.4, 0.5) is 5.13 Å². The van der Waals surface area contributed by atoms with Crippen molar-refractivity contribution in [1.29, 1.82) is 0 Å². The molecule has 86 valence electrons. The molecule has 0 saturated heterocycles. The van der Waals surface area contributed by atoms with Crippen LogP contribution in [0.15, 0.2) is 12.4 Å². The van der Waals surface area contributed by atoms with Crippen molar-refractivity contribution in [2.24, 2.45) is 7.05 Å². The Morgan fingerprint density at radius 1 is 1.44 bits per heavy atom. The molecular formula is C11H16N4S. The molecule has 0 bridgehead atoms. The fourth-order valence-corrected chi connectivity index (χ4v) is 2.31. The van der Waals surface area contributed by atoms with Crippen LogP contribution in [0.1, 0.15) is 16.4 Å². The predicted molar refractivity (Wildman–Crippen MR) is 67.0 cm³/mol. The van der Waals surface area contributed by atoms with E-state index in [0.29, 0.717) is 0 Å². The van der Waals surface area contributed by atoms with Crippen molar-refractivity contribution in [3.8, 4) is 0 Å². The van der Waals surface area contributed by atoms with E-state index in [9.17, 15) is 0 Å². The first-order valence-corrected chi connectivity index (χ1v) is 6.12. The van der Waals surface area contributed by atoms with Gasteiger partial charge in [-0.15, -0.1) is 11.3 Å². The lowest BCUT2D eigenvalue weighted by atomic mass is 10.4. The van der Waals surface area contributed by atoms with Gasteiger partial charge in [0.2, 0.25) is 0 Å². The highest BCUT2D eigenvalue weighted by Crippen LogP contribution is 2.20. The van der Waals surface area contributed by atoms with Gasteiger partial charge in [-0.1, -0.05) is 0 Å². The number of hydrogen-bond donors (Lipinski definition) is 1. The van der Waals surface area contributed by atoms with Crippen molar-refractivity contribution in [1.82, 2.24) is 14.5 Å². The Hall–Kier alpha value is -1.36. The summed E-state index contributed by atoms with van der Waals surface area (Å²) in [5.74, 6) is 1.09. The second-order valence-corrected chi connectivity index (χ2v) is 4.99. The van der Waals surface area contributed by atoms with Crippen LogP contribution in [0, 0.1) is 13.8 Å². The molecule has 0 aliphatic rings. The number of thiazole rings is 1. The molecule has 2 heterocycles. The van der Waals surface area contributed by atoms with Gasteiger partial charge in [0, 0.05) is 37.3 Å². The molecule has 0 atom stereocenters. The topological polar surface area (TPSA) is 42.7 Å². The Morgan fingerprint density at radius 2 is 2.25 bits per heavy atom. The SMILES string of the molecule is Cc1nc(NCCc2nccn2C)sc1C. The van der Waals surface area contributed by atoms with E-state index in [-0.39, 0.29) is 0 Å². The van der Waals surface area contributed by atoms with E-state index < -0.39 is 0 Å². The van der Waals surface area contributed by atoms with Crippen molar-refractivity contribution >= 4 is 16.5 Å². The lowest BCUT2D eigenvalue weighted by molar-refractivity contribution is 0.789. The molecule has 0 amide bonds. The van der Waals surface area contributed by atoms with Crippen LogP contribution in [-0.2, 0) is 13.5 Å². The molecule has 0 aliphatic carbocycles. The summed E-state index contributed by atoms with van der Waals surface area (Å²) < 4.78 is 2.04. The number of rotatable bonds is 4. The number of nitrogens with zero attached hydrogens (tertiary/aromatic N) is 3. The molecule has 1 N–H and O–H groups in total. The quantitative estimate of drug-likeness (QED) is 0.884. The smallest absolute Gasteiger partial charge is 0.183 e. The zero-order chi connectivity index (χ0) is 11.5. The average molecular weight is 236 g/mol. The normalized spacial score (nSPS) is 10.7. The molecule has 2 aromatic rings. The van der Waals surface area contributed by atoms with Crippen LogP contribution in [0.25, 0.3) is 0 Å². The van der Waals surface area contributed by atoms with Crippen LogP contribution >= 0.6 is 11.3 Å². The lowest BCUT2D eigenvalue weighted by Gasteiger charge is -2.02. The Bertz CT molecular complexity index is 453. The maximum atomic E-state index is 4.43. The summed E-state index contributed by atoms with van der Waals surface area (Å²) in [5, 5.41) is 4.33. The summed E-state index contributed by atoms with van der Waals surface area (Å²) in [6.45, 7) is 5.00. The third-order valence-electron chi connectivity index (χ3n) is 2.57. The number of imidazole rings is 1. The summed E-state index contributed by atoms with van der Waals surface area (Å²) in [4.78, 5) is 9.98. The Kier molecular flexibility index (Phi) is 3.24. The highest BCUT2D eigenvalue weighted by Gasteiger charge is 2.03. The number of aryl methyl sites for hydroxylation is 3. The van der Waals surface area contributed by atoms with Crippen LogP contribution in [0.2, 0.25) is 0 Å². The highest BCUT2D eigenvalue weighted by molar-refractivity contribution is 7.15. The summed E-state index contributed by atoms with van der Waals surface area (Å²) in [6, 6.07) is 0. The van der Waals surface area contributed by atoms with Gasteiger partial charge in [0.05, 0.1) is 5.69 Å². The summed E-state index contributed by atoms with van der Waals surface area (Å²) >= 11 is 1.71. The maximum absolute atomic E-state index is 4.43. The summed E-state index contributed by atoms with van der Waals surface area (Å²) in [5.41, 5.74) is 1.12. The van der Waals surface area contributed by atoms with E-state index in [2.05, 4.69) is 22.2 Å². The van der Waals surface area contributed by atoms with Gasteiger partial charge in [-0.25, -0.2) is 9.97 Å². The Morgan fingerprint density at radius 3 is 2.81 bits per heavy atom. The van der Waals surface area contributed by atoms with E-state index in [1.807, 2.05) is 30.9 Å². The van der Waals surface area contributed by atoms with Crippen molar-refractivity contribution in [2.75, 3.05) is 11.9 Å². The minimum absolute atomic E-state index is 0.872. The second kappa shape index (κ2) is 4.65. The molecule has 0 fully saturated rings. The van der Waals surface area contributed by atoms with E-state index >= 15 is 0 Å². The zero-order valence-corrected chi connectivity index (χ0v) is 10.6. The fraction of sp³-hybridized carbons (Fsp3) is 0.455. The van der Waals surface area contributed by atoms with Crippen LogP contribution < -0.4 is 5.32 Å². The van der Waals surface area contributed by atoms with Crippen LogP contribution in [0.5, 0.6) is 0 Å². The van der Waals surface area contributed by atoms with Gasteiger partial charge in [0.1, 0.15) is 5.82 Å². The van der Waals surface area contributed by atoms with Gasteiger partial charge in [-0.05, 0) is 13.8 Å². The van der Waals surface area contributed by atoms with E-state index in [1.54, 1.807) is 11.3 Å². The van der Waals surface area contributed by atoms with Crippen molar-refractivity contribution in [2.45, 2.75) is 20.3 Å². The molecule has 0 spiro atoms. The molecule has 0 saturated carbocycles. The first kappa shape index (κ1) is 11.1. The summed E-state index contributed by atoms with van der Waals surface area (Å²) in [6.07, 6.45) is 4.71. The first-order chi connectivity index (χ1) is 7.66. The molecule has 4 nitrogen and oxygen atoms in total. The first-order valence-electron chi connectivity index (χ1n) is 5.31. The predicted octanol–water partition coefficient (Wildman–Crippen LogP) is 2.15. The van der Waals surface area contributed by atoms with Gasteiger partial charge in [0.15, 0.2) is 5.13 Å². The zero-order valence-electron chi connectivity index (χ0n) is 9.82. The lowest BCUT2D eigenvalue weighted by Crippen LogP contribution is -2.08. The molecule has 0 aliphatic heterocycles. The van der Waals surface area contributed by atoms with E-state index in [1.165, 1.54) is 4.88 Å². The molecule has 2 aromatic heterocycles. The Balaban J connectivity index is 1.87. The Labute approximate surface area is 99.4 Å². The van der Waals surface area contributed by atoms with Crippen LogP contribution in [0.3, 0.4) is 0 Å². The van der Waals surface area contributed by atoms with Gasteiger partial charge in [-0.3, -0.25) is 0 Å². The molecule has 0 aromatic carbocycles. The van der Waals surface area contributed by atoms with Crippen LogP contribution in [-0.4, -0.2) is 21.1 Å². The largest absolute Gasteiger partial charge is 0.361 e. The second-order valence-electron chi connectivity index (χ2n) is 3.79. The molecule has 5 heteroatoms. The van der Waals surface area contributed by atoms with E-state index in [0.717, 1.165) is 29.6 Å². The molecule has 2 rings (SSSR count). The number of aromatic nitrogens is 3. The fourth-order valence-electron chi connectivity index (χ4n) is 1.47. The van der Waals surface area contributed by atoms with Crippen molar-refractivity contribution < 1.29 is 0 Å². The minimum atomic E-state index is 0.872. The third-order valence-corrected chi connectivity index (χ3v) is 3.60. The molecule has 0 radical (unpaired) electrons. The number of anilines is 1. The number of nitrogens with one attached hydrogen (secondary N) is 1. The number of hydrogen-bond acceptors (Lipinski definition) is 4. The van der Waals surface area contributed by atoms with Crippen molar-refractivity contribution in [3.63, 3.8) is 0 Å². The average Bonchev–Trinajstić information content (AvgIpc) is 2.76. The third kappa shape index (κ3) is 2.41. The molecule has 0 unspecified atom stereocenters. The van der Waals surface area contributed by atoms with Gasteiger partial charge in [0.25, 0.3) is 0 Å². The van der Waals surface area contributed by atoms with Gasteiger partial charge < -0.3 is 9.88 Å². The van der Waals surface area contributed by atoms with E-state index in [4.69, 9.17) is 0 Å².